The predicted octanol–water partition coefficient (Wildman–Crippen LogP) is 3.48. The Labute approximate surface area is 163 Å². The van der Waals surface area contributed by atoms with E-state index in [-0.39, 0.29) is 17.7 Å². The summed E-state index contributed by atoms with van der Waals surface area (Å²) in [5, 5.41) is 14.8. The molecule has 1 aromatic heterocycles. The summed E-state index contributed by atoms with van der Waals surface area (Å²) in [5.74, 6) is 0.328. The highest BCUT2D eigenvalue weighted by molar-refractivity contribution is 7.18. The van der Waals surface area contributed by atoms with Gasteiger partial charge in [0.1, 0.15) is 16.8 Å². The van der Waals surface area contributed by atoms with Crippen LogP contribution in [0.15, 0.2) is 24.3 Å². The number of ether oxygens (including phenoxy) is 1. The minimum atomic E-state index is -0.609. The van der Waals surface area contributed by atoms with Gasteiger partial charge in [-0.3, -0.25) is 14.9 Å². The largest absolute Gasteiger partial charge is 0.497 e. The number of nitrogens with zero attached hydrogens (tertiary/aromatic N) is 2. The van der Waals surface area contributed by atoms with Gasteiger partial charge in [-0.05, 0) is 36.6 Å². The Morgan fingerprint density at radius 1 is 1.19 bits per heavy atom. The van der Waals surface area contributed by atoms with Crippen molar-refractivity contribution in [2.75, 3.05) is 12.4 Å². The number of rotatable bonds is 9. The average molecular weight is 391 g/mol. The highest BCUT2D eigenvalue weighted by Gasteiger charge is 2.25. The fourth-order valence-corrected chi connectivity index (χ4v) is 3.18. The van der Waals surface area contributed by atoms with Crippen LogP contribution in [0.5, 0.6) is 5.75 Å². The van der Waals surface area contributed by atoms with Gasteiger partial charge in [0.25, 0.3) is 0 Å². The molecule has 1 aromatic carbocycles. The molecule has 0 aliphatic carbocycles. The standard InChI is InChI=1S/C19H26N4O3S/c1-5-6-7-15(24)20-16(12(2)3)17(25)21-19-23-22-18(27-19)13-8-10-14(26-4)11-9-13/h8-12,16H,5-7H2,1-4H3,(H,20,24)(H,21,23,25). The zero-order valence-corrected chi connectivity index (χ0v) is 16.9. The molecular weight excluding hydrogens is 364 g/mol. The van der Waals surface area contributed by atoms with Gasteiger partial charge in [0.05, 0.1) is 7.11 Å². The Hall–Kier alpha value is -2.48. The lowest BCUT2D eigenvalue weighted by Crippen LogP contribution is -2.47. The van der Waals surface area contributed by atoms with Crippen molar-refractivity contribution in [3.63, 3.8) is 0 Å². The summed E-state index contributed by atoms with van der Waals surface area (Å²) in [6.07, 6.45) is 2.16. The summed E-state index contributed by atoms with van der Waals surface area (Å²) in [4.78, 5) is 24.6. The van der Waals surface area contributed by atoms with Crippen LogP contribution in [0.25, 0.3) is 10.6 Å². The fourth-order valence-electron chi connectivity index (χ4n) is 2.43. The summed E-state index contributed by atoms with van der Waals surface area (Å²) >= 11 is 1.28. The third-order valence-electron chi connectivity index (χ3n) is 4.02. The number of aromatic nitrogens is 2. The average Bonchev–Trinajstić information content (AvgIpc) is 3.12. The number of amides is 2. The molecule has 27 heavy (non-hydrogen) atoms. The first-order chi connectivity index (χ1) is 12.9. The number of hydrogen-bond acceptors (Lipinski definition) is 6. The molecule has 1 unspecified atom stereocenters. The molecule has 146 valence electrons. The van der Waals surface area contributed by atoms with Gasteiger partial charge in [-0.2, -0.15) is 0 Å². The summed E-state index contributed by atoms with van der Waals surface area (Å²) in [6, 6.07) is 6.85. The van der Waals surface area contributed by atoms with E-state index in [2.05, 4.69) is 20.8 Å². The first-order valence-corrected chi connectivity index (χ1v) is 9.84. The number of hydrogen-bond donors (Lipinski definition) is 2. The van der Waals surface area contributed by atoms with Gasteiger partial charge in [-0.25, -0.2) is 0 Å². The number of unbranched alkanes of at least 4 members (excludes halogenated alkanes) is 1. The van der Waals surface area contributed by atoms with Crippen LogP contribution >= 0.6 is 11.3 Å². The Morgan fingerprint density at radius 2 is 1.89 bits per heavy atom. The third kappa shape index (κ3) is 6.02. The molecule has 0 spiro atoms. The second-order valence-corrected chi connectivity index (χ2v) is 7.50. The topological polar surface area (TPSA) is 93.2 Å². The minimum Gasteiger partial charge on any atom is -0.497 e. The zero-order valence-electron chi connectivity index (χ0n) is 16.1. The normalized spacial score (nSPS) is 11.9. The maximum atomic E-state index is 12.6. The van der Waals surface area contributed by atoms with E-state index in [9.17, 15) is 9.59 Å². The van der Waals surface area contributed by atoms with Gasteiger partial charge in [0.2, 0.25) is 16.9 Å². The maximum Gasteiger partial charge on any atom is 0.249 e. The van der Waals surface area contributed by atoms with Gasteiger partial charge in [0.15, 0.2) is 0 Å². The smallest absolute Gasteiger partial charge is 0.249 e. The molecule has 0 radical (unpaired) electrons. The van der Waals surface area contributed by atoms with Crippen LogP contribution in [-0.2, 0) is 9.59 Å². The Balaban J connectivity index is 2.02. The van der Waals surface area contributed by atoms with Gasteiger partial charge in [-0.15, -0.1) is 10.2 Å². The van der Waals surface area contributed by atoms with E-state index in [1.165, 1.54) is 11.3 Å². The Kier molecular flexibility index (Phi) is 7.72. The van der Waals surface area contributed by atoms with Crippen molar-refractivity contribution in [2.45, 2.75) is 46.1 Å². The lowest BCUT2D eigenvalue weighted by atomic mass is 10.0. The second-order valence-electron chi connectivity index (χ2n) is 6.52. The summed E-state index contributed by atoms with van der Waals surface area (Å²) < 4.78 is 5.14. The van der Waals surface area contributed by atoms with Crippen molar-refractivity contribution in [1.29, 1.82) is 0 Å². The van der Waals surface area contributed by atoms with E-state index < -0.39 is 6.04 Å². The molecule has 7 nitrogen and oxygen atoms in total. The van der Waals surface area contributed by atoms with Gasteiger partial charge in [0, 0.05) is 12.0 Å². The van der Waals surface area contributed by atoms with Gasteiger partial charge in [-0.1, -0.05) is 38.5 Å². The first-order valence-electron chi connectivity index (χ1n) is 9.02. The first kappa shape index (κ1) is 20.8. The number of methoxy groups -OCH3 is 1. The zero-order chi connectivity index (χ0) is 19.8. The lowest BCUT2D eigenvalue weighted by molar-refractivity contribution is -0.127. The molecule has 2 N–H and O–H groups in total. The quantitative estimate of drug-likeness (QED) is 0.684. The number of nitrogens with one attached hydrogen (secondary N) is 2. The van der Waals surface area contributed by atoms with Crippen LogP contribution in [0.3, 0.4) is 0 Å². The monoisotopic (exact) mass is 390 g/mol. The van der Waals surface area contributed by atoms with Crippen molar-refractivity contribution >= 4 is 28.3 Å². The number of carbonyl (C=O) groups is 2. The Bertz CT molecular complexity index is 759. The fraction of sp³-hybridized carbons (Fsp3) is 0.474. The highest BCUT2D eigenvalue weighted by Crippen LogP contribution is 2.28. The number of carbonyl (C=O) groups excluding carboxylic acids is 2. The second kappa shape index (κ2) is 10.0. The van der Waals surface area contributed by atoms with Crippen LogP contribution in [0.4, 0.5) is 5.13 Å². The van der Waals surface area contributed by atoms with E-state index in [1.54, 1.807) is 7.11 Å². The molecule has 0 saturated carbocycles. The van der Waals surface area contributed by atoms with E-state index >= 15 is 0 Å². The van der Waals surface area contributed by atoms with Crippen LogP contribution in [0.2, 0.25) is 0 Å². The van der Waals surface area contributed by atoms with E-state index in [4.69, 9.17) is 4.74 Å². The molecule has 0 saturated heterocycles. The molecule has 8 heteroatoms. The SMILES string of the molecule is CCCCC(=O)NC(C(=O)Nc1nnc(-c2ccc(OC)cc2)s1)C(C)C. The molecule has 0 fully saturated rings. The van der Waals surface area contributed by atoms with Crippen LogP contribution in [0.1, 0.15) is 40.0 Å². The van der Waals surface area contributed by atoms with Crippen LogP contribution in [-0.4, -0.2) is 35.2 Å². The summed E-state index contributed by atoms with van der Waals surface area (Å²) in [5.41, 5.74) is 0.891. The van der Waals surface area contributed by atoms with Crippen molar-refractivity contribution in [2.24, 2.45) is 5.92 Å². The maximum absolute atomic E-state index is 12.6. The highest BCUT2D eigenvalue weighted by atomic mass is 32.1. The van der Waals surface area contributed by atoms with Crippen molar-refractivity contribution in [3.05, 3.63) is 24.3 Å². The molecule has 0 aliphatic rings. The molecule has 2 amide bonds. The molecule has 2 rings (SSSR count). The van der Waals surface area contributed by atoms with Crippen molar-refractivity contribution in [1.82, 2.24) is 15.5 Å². The Morgan fingerprint density at radius 3 is 2.48 bits per heavy atom. The van der Waals surface area contributed by atoms with Crippen molar-refractivity contribution < 1.29 is 14.3 Å². The summed E-state index contributed by atoms with van der Waals surface area (Å²) in [6.45, 7) is 5.82. The molecule has 2 aromatic rings. The molecule has 0 bridgehead atoms. The summed E-state index contributed by atoms with van der Waals surface area (Å²) in [7, 11) is 1.61. The van der Waals surface area contributed by atoms with Gasteiger partial charge < -0.3 is 10.1 Å². The third-order valence-corrected chi connectivity index (χ3v) is 4.90. The van der Waals surface area contributed by atoms with E-state index in [1.807, 2.05) is 45.0 Å². The van der Waals surface area contributed by atoms with Crippen LogP contribution in [0, 0.1) is 5.92 Å². The number of benzene rings is 1. The van der Waals surface area contributed by atoms with Gasteiger partial charge >= 0.3 is 0 Å². The molecule has 1 atom stereocenters. The lowest BCUT2D eigenvalue weighted by Gasteiger charge is -2.20. The molecular formula is C19H26N4O3S. The van der Waals surface area contributed by atoms with Crippen molar-refractivity contribution in [3.8, 4) is 16.3 Å². The van der Waals surface area contributed by atoms with E-state index in [0.717, 1.165) is 24.2 Å². The predicted molar refractivity (Wildman–Crippen MR) is 107 cm³/mol. The number of anilines is 1. The van der Waals surface area contributed by atoms with E-state index in [0.29, 0.717) is 16.6 Å². The molecule has 1 heterocycles. The molecule has 0 aliphatic heterocycles. The minimum absolute atomic E-state index is 0.0374. The van der Waals surface area contributed by atoms with Crippen LogP contribution < -0.4 is 15.4 Å².